The lowest BCUT2D eigenvalue weighted by Gasteiger charge is -2.19. The number of nitrogens with one attached hydrogen (secondary N) is 3. The van der Waals surface area contributed by atoms with E-state index in [1.807, 2.05) is 6.92 Å². The average Bonchev–Trinajstić information content (AvgIpc) is 2.79. The third-order valence-electron chi connectivity index (χ3n) is 4.81. The van der Waals surface area contributed by atoms with E-state index in [9.17, 15) is 22.8 Å². The number of ether oxygens (including phenoxy) is 1. The van der Waals surface area contributed by atoms with Crippen molar-refractivity contribution in [2.24, 2.45) is 0 Å². The zero-order chi connectivity index (χ0) is 25.4. The fourth-order valence-electron chi connectivity index (χ4n) is 2.81. The van der Waals surface area contributed by atoms with Gasteiger partial charge in [-0.1, -0.05) is 52.0 Å². The molecule has 2 aromatic rings. The van der Waals surface area contributed by atoms with Gasteiger partial charge in [0.25, 0.3) is 5.91 Å². The highest BCUT2D eigenvalue weighted by Gasteiger charge is 2.18. The zero-order valence-corrected chi connectivity index (χ0v) is 20.6. The maximum atomic E-state index is 12.6. The fourth-order valence-corrected chi connectivity index (χ4v) is 3.83. The Hall–Kier alpha value is -3.24. The molecule has 34 heavy (non-hydrogen) atoms. The van der Waals surface area contributed by atoms with Crippen molar-refractivity contribution in [3.05, 3.63) is 65.2 Å². The third-order valence-corrected chi connectivity index (χ3v) is 6.23. The molecule has 2 aromatic carbocycles. The Morgan fingerprint density at radius 3 is 2.12 bits per heavy atom. The molecule has 0 saturated carbocycles. The van der Waals surface area contributed by atoms with Crippen LogP contribution in [0.3, 0.4) is 0 Å². The Bertz CT molecular complexity index is 1100. The number of amides is 3. The molecular weight excluding hydrogens is 458 g/mol. The van der Waals surface area contributed by atoms with Gasteiger partial charge in [0.1, 0.15) is 0 Å². The predicted octanol–water partition coefficient (Wildman–Crippen LogP) is 2.86. The molecule has 9 nitrogen and oxygen atoms in total. The normalized spacial score (nSPS) is 11.5. The number of rotatable bonds is 9. The number of hydrogen-bond donors (Lipinski definition) is 3. The second-order valence-electron chi connectivity index (χ2n) is 8.68. The maximum Gasteiger partial charge on any atom is 0.338 e. The molecule has 0 heterocycles. The van der Waals surface area contributed by atoms with Gasteiger partial charge in [0.05, 0.1) is 10.5 Å². The molecule has 0 aliphatic carbocycles. The average molecular weight is 490 g/mol. The van der Waals surface area contributed by atoms with E-state index in [0.29, 0.717) is 12.1 Å². The Morgan fingerprint density at radius 1 is 0.941 bits per heavy atom. The summed E-state index contributed by atoms with van der Waals surface area (Å²) >= 11 is 0. The summed E-state index contributed by atoms with van der Waals surface area (Å²) in [5.41, 5.74) is 1.78. The molecule has 0 radical (unpaired) electrons. The summed E-state index contributed by atoms with van der Waals surface area (Å²) in [5, 5.41) is 4.52. The van der Waals surface area contributed by atoms with Crippen molar-refractivity contribution in [2.75, 3.05) is 13.2 Å². The summed E-state index contributed by atoms with van der Waals surface area (Å²) in [6.45, 7) is 7.88. The first-order valence-electron chi connectivity index (χ1n) is 10.9. The van der Waals surface area contributed by atoms with Gasteiger partial charge in [-0.15, -0.1) is 0 Å². The SMILES string of the molecule is CCCNC(=O)NC(=O)COC(=O)c1ccc(CNS(=O)(=O)c2ccc(C(C)(C)C)cc2)cc1. The van der Waals surface area contributed by atoms with Gasteiger partial charge in [-0.05, 0) is 47.2 Å². The highest BCUT2D eigenvalue weighted by molar-refractivity contribution is 7.89. The quantitative estimate of drug-likeness (QED) is 0.464. The Morgan fingerprint density at radius 2 is 1.56 bits per heavy atom. The van der Waals surface area contributed by atoms with Gasteiger partial charge in [0.2, 0.25) is 10.0 Å². The molecule has 2 rings (SSSR count). The minimum absolute atomic E-state index is 0.0357. The van der Waals surface area contributed by atoms with E-state index >= 15 is 0 Å². The van der Waals surface area contributed by atoms with Crippen LogP contribution in [0, 0.1) is 0 Å². The van der Waals surface area contributed by atoms with Gasteiger partial charge >= 0.3 is 12.0 Å². The molecule has 0 bridgehead atoms. The largest absolute Gasteiger partial charge is 0.452 e. The molecule has 3 amide bonds. The molecule has 0 fully saturated rings. The number of esters is 1. The summed E-state index contributed by atoms with van der Waals surface area (Å²) in [4.78, 5) is 35.3. The summed E-state index contributed by atoms with van der Waals surface area (Å²) in [5.74, 6) is -1.49. The monoisotopic (exact) mass is 489 g/mol. The van der Waals surface area contributed by atoms with Gasteiger partial charge in [-0.2, -0.15) is 0 Å². The van der Waals surface area contributed by atoms with Crippen molar-refractivity contribution >= 4 is 27.9 Å². The molecule has 0 aliphatic heterocycles. The number of hydrogen-bond acceptors (Lipinski definition) is 6. The van der Waals surface area contributed by atoms with Gasteiger partial charge in [0, 0.05) is 13.1 Å². The molecule has 0 unspecified atom stereocenters. The van der Waals surface area contributed by atoms with Crippen LogP contribution in [-0.4, -0.2) is 39.5 Å². The van der Waals surface area contributed by atoms with E-state index in [1.54, 1.807) is 36.4 Å². The van der Waals surface area contributed by atoms with Crippen LogP contribution < -0.4 is 15.4 Å². The van der Waals surface area contributed by atoms with Crippen molar-refractivity contribution in [3.8, 4) is 0 Å². The van der Waals surface area contributed by atoms with E-state index < -0.39 is 34.5 Å². The second-order valence-corrected chi connectivity index (χ2v) is 10.4. The number of urea groups is 1. The number of carbonyl (C=O) groups is 3. The molecule has 0 atom stereocenters. The lowest BCUT2D eigenvalue weighted by atomic mass is 9.87. The van der Waals surface area contributed by atoms with Crippen LogP contribution in [0.25, 0.3) is 0 Å². The molecule has 3 N–H and O–H groups in total. The van der Waals surface area contributed by atoms with Crippen LogP contribution in [0.2, 0.25) is 0 Å². The Kier molecular flexibility index (Phi) is 9.34. The molecule has 184 valence electrons. The van der Waals surface area contributed by atoms with Gasteiger partial charge in [-0.3, -0.25) is 10.1 Å². The Balaban J connectivity index is 1.87. The first-order chi connectivity index (χ1) is 15.9. The molecular formula is C24H31N3O6S. The smallest absolute Gasteiger partial charge is 0.338 e. The lowest BCUT2D eigenvalue weighted by molar-refractivity contribution is -0.123. The van der Waals surface area contributed by atoms with Crippen molar-refractivity contribution in [3.63, 3.8) is 0 Å². The molecule has 0 spiro atoms. The number of carbonyl (C=O) groups excluding carboxylic acids is 3. The minimum Gasteiger partial charge on any atom is -0.452 e. The van der Waals surface area contributed by atoms with Crippen LogP contribution in [0.15, 0.2) is 53.4 Å². The van der Waals surface area contributed by atoms with E-state index in [1.165, 1.54) is 12.1 Å². The summed E-state index contributed by atoms with van der Waals surface area (Å²) in [6.07, 6.45) is 0.721. The van der Waals surface area contributed by atoms with Gasteiger partial charge < -0.3 is 10.1 Å². The van der Waals surface area contributed by atoms with Crippen LogP contribution in [0.1, 0.15) is 55.6 Å². The molecule has 10 heteroatoms. The minimum atomic E-state index is -3.70. The van der Waals surface area contributed by atoms with E-state index in [-0.39, 0.29) is 22.4 Å². The Labute approximate surface area is 200 Å². The topological polar surface area (TPSA) is 131 Å². The zero-order valence-electron chi connectivity index (χ0n) is 19.8. The van der Waals surface area contributed by atoms with Crippen LogP contribution >= 0.6 is 0 Å². The van der Waals surface area contributed by atoms with Gasteiger partial charge in [0.15, 0.2) is 6.61 Å². The number of benzene rings is 2. The standard InChI is InChI=1S/C24H31N3O6S/c1-5-14-25-23(30)27-21(28)16-33-22(29)18-8-6-17(7-9-18)15-26-34(31,32)20-12-10-19(11-13-20)24(2,3)4/h6-13,26H,5,14-16H2,1-4H3,(H2,25,27,28,30). The van der Waals surface area contributed by atoms with Crippen molar-refractivity contribution in [1.29, 1.82) is 0 Å². The highest BCUT2D eigenvalue weighted by atomic mass is 32.2. The third kappa shape index (κ3) is 8.27. The number of imide groups is 1. The fraction of sp³-hybridized carbons (Fsp3) is 0.375. The first-order valence-corrected chi connectivity index (χ1v) is 12.3. The van der Waals surface area contributed by atoms with Crippen LogP contribution in [0.4, 0.5) is 4.79 Å². The second kappa shape index (κ2) is 11.8. The van der Waals surface area contributed by atoms with Gasteiger partial charge in [-0.25, -0.2) is 22.7 Å². The summed E-state index contributed by atoms with van der Waals surface area (Å²) < 4.78 is 32.6. The molecule has 0 aliphatic rings. The summed E-state index contributed by atoms with van der Waals surface area (Å²) in [6, 6.07) is 12.2. The lowest BCUT2D eigenvalue weighted by Crippen LogP contribution is -2.41. The van der Waals surface area contributed by atoms with Crippen LogP contribution in [0.5, 0.6) is 0 Å². The van der Waals surface area contributed by atoms with E-state index in [4.69, 9.17) is 4.74 Å². The van der Waals surface area contributed by atoms with E-state index in [0.717, 1.165) is 12.0 Å². The van der Waals surface area contributed by atoms with Crippen molar-refractivity contribution < 1.29 is 27.5 Å². The van der Waals surface area contributed by atoms with E-state index in [2.05, 4.69) is 36.1 Å². The number of sulfonamides is 1. The van der Waals surface area contributed by atoms with Crippen LogP contribution in [-0.2, 0) is 31.5 Å². The van der Waals surface area contributed by atoms with Crippen molar-refractivity contribution in [1.82, 2.24) is 15.4 Å². The van der Waals surface area contributed by atoms with Crippen molar-refractivity contribution in [2.45, 2.75) is 51.0 Å². The molecule has 0 saturated heterocycles. The maximum absolute atomic E-state index is 12.6. The summed E-state index contributed by atoms with van der Waals surface area (Å²) in [7, 11) is -3.70. The molecule has 0 aromatic heterocycles. The highest BCUT2D eigenvalue weighted by Crippen LogP contribution is 2.23. The first kappa shape index (κ1) is 27.0. The predicted molar refractivity (Wildman–Crippen MR) is 128 cm³/mol.